The first kappa shape index (κ1) is 31.2. The summed E-state index contributed by atoms with van der Waals surface area (Å²) >= 11 is 12.2. The molecule has 212 valence electrons. The van der Waals surface area contributed by atoms with E-state index in [9.17, 15) is 15.2 Å². The van der Waals surface area contributed by atoms with Crippen molar-refractivity contribution in [1.29, 1.82) is 5.26 Å². The van der Waals surface area contributed by atoms with E-state index in [1.54, 1.807) is 7.11 Å². The van der Waals surface area contributed by atoms with Crippen molar-refractivity contribution in [3.8, 4) is 6.07 Å². The van der Waals surface area contributed by atoms with E-state index in [4.69, 9.17) is 33.0 Å². The maximum Gasteiger partial charge on any atom is 0.237 e. The molecule has 0 radical (unpaired) electrons. The van der Waals surface area contributed by atoms with Gasteiger partial charge in [-0.15, -0.1) is 0 Å². The number of nitriles is 1. The molecule has 0 saturated carbocycles. The normalized spacial score (nSPS) is 23.8. The molecule has 1 saturated heterocycles. The number of aliphatic hydroxyl groups excluding tert-OH is 2. The van der Waals surface area contributed by atoms with E-state index in [-0.39, 0.29) is 40.6 Å². The molecular weight excluding hydrogens is 551 g/mol. The van der Waals surface area contributed by atoms with Crippen LogP contribution in [0.2, 0.25) is 10.0 Å². The van der Waals surface area contributed by atoms with Crippen LogP contribution in [0.3, 0.4) is 0 Å². The molecule has 1 aliphatic rings. The summed E-state index contributed by atoms with van der Waals surface area (Å²) in [5.41, 5.74) is -2.34. The summed E-state index contributed by atoms with van der Waals surface area (Å²) in [5.74, 6) is -3.36. The predicted octanol–water partition coefficient (Wildman–Crippen LogP) is 4.08. The van der Waals surface area contributed by atoms with Crippen molar-refractivity contribution < 1.29 is 28.5 Å². The Bertz CT molecular complexity index is 1230. The van der Waals surface area contributed by atoms with Gasteiger partial charge in [0.05, 0.1) is 36.5 Å². The zero-order chi connectivity index (χ0) is 29.0. The first-order chi connectivity index (χ1) is 18.4. The number of nitrogens with zero attached hydrogens (tertiary/aromatic N) is 1. The Labute approximate surface area is 237 Å². The summed E-state index contributed by atoms with van der Waals surface area (Å²) in [7, 11) is 1.54. The average Bonchev–Trinajstić information content (AvgIpc) is 3.19. The maximum absolute atomic E-state index is 15.7. The molecular formula is C28H33Cl2F2N3O4. The Morgan fingerprint density at radius 3 is 2.64 bits per heavy atom. The molecule has 1 heterocycles. The van der Waals surface area contributed by atoms with Crippen LogP contribution in [0.15, 0.2) is 36.4 Å². The third-order valence-electron chi connectivity index (χ3n) is 7.19. The van der Waals surface area contributed by atoms with Crippen LogP contribution in [-0.2, 0) is 14.9 Å². The van der Waals surface area contributed by atoms with E-state index in [2.05, 4.69) is 16.7 Å². The molecule has 3 rings (SSSR count). The fourth-order valence-electron chi connectivity index (χ4n) is 5.51. The maximum atomic E-state index is 15.7. The van der Waals surface area contributed by atoms with Crippen LogP contribution < -0.4 is 10.6 Å². The SMILES string of the molecule is COCC(C)(C)C[C@H]1N[C@H](C(=O)NCC[C@H](O)CO)[C@@H](c2cccc(Cl)c2F)[C@]1(C#N)c1ccc(Cl)cc1F. The van der Waals surface area contributed by atoms with Crippen molar-refractivity contribution in [2.24, 2.45) is 5.41 Å². The van der Waals surface area contributed by atoms with Gasteiger partial charge in [0.1, 0.15) is 17.0 Å². The summed E-state index contributed by atoms with van der Waals surface area (Å²) in [6.07, 6.45) is -0.695. The summed E-state index contributed by atoms with van der Waals surface area (Å²) < 4.78 is 36.7. The Kier molecular flexibility index (Phi) is 10.3. The highest BCUT2D eigenvalue weighted by Crippen LogP contribution is 2.52. The second kappa shape index (κ2) is 12.9. The van der Waals surface area contributed by atoms with Gasteiger partial charge in [0.15, 0.2) is 0 Å². The van der Waals surface area contributed by atoms with E-state index in [1.807, 2.05) is 13.8 Å². The molecule has 11 heteroatoms. The molecule has 0 bridgehead atoms. The molecule has 5 atom stereocenters. The Morgan fingerprint density at radius 2 is 2.03 bits per heavy atom. The van der Waals surface area contributed by atoms with Gasteiger partial charge in [0.2, 0.25) is 5.91 Å². The van der Waals surface area contributed by atoms with E-state index in [1.165, 1.54) is 30.3 Å². The Hall–Kier alpha value is -2.32. The molecule has 1 aliphatic heterocycles. The Balaban J connectivity index is 2.25. The fraction of sp³-hybridized carbons (Fsp3) is 0.500. The lowest BCUT2D eigenvalue weighted by Gasteiger charge is -2.38. The molecule has 1 amide bonds. The molecule has 1 fully saturated rings. The number of halogens is 4. The number of aliphatic hydroxyl groups is 2. The van der Waals surface area contributed by atoms with Gasteiger partial charge >= 0.3 is 0 Å². The number of amides is 1. The number of nitrogens with one attached hydrogen (secondary N) is 2. The number of rotatable bonds is 11. The van der Waals surface area contributed by atoms with Gasteiger partial charge in [-0.2, -0.15) is 5.26 Å². The number of hydrogen-bond acceptors (Lipinski definition) is 6. The number of methoxy groups -OCH3 is 1. The highest BCUT2D eigenvalue weighted by Gasteiger charge is 2.61. The molecule has 4 N–H and O–H groups in total. The van der Waals surface area contributed by atoms with E-state index < -0.39 is 59.1 Å². The summed E-state index contributed by atoms with van der Waals surface area (Å²) in [6.45, 7) is 3.67. The first-order valence-corrected chi connectivity index (χ1v) is 13.3. The highest BCUT2D eigenvalue weighted by molar-refractivity contribution is 6.31. The van der Waals surface area contributed by atoms with Crippen molar-refractivity contribution >= 4 is 29.1 Å². The zero-order valence-electron chi connectivity index (χ0n) is 22.0. The highest BCUT2D eigenvalue weighted by atomic mass is 35.5. The van der Waals surface area contributed by atoms with Crippen LogP contribution in [0.25, 0.3) is 0 Å². The fourth-order valence-corrected chi connectivity index (χ4v) is 5.85. The van der Waals surface area contributed by atoms with Crippen LogP contribution >= 0.6 is 23.2 Å². The number of hydrogen-bond donors (Lipinski definition) is 4. The minimum atomic E-state index is -1.77. The van der Waals surface area contributed by atoms with Crippen molar-refractivity contribution in [3.63, 3.8) is 0 Å². The molecule has 39 heavy (non-hydrogen) atoms. The molecule has 7 nitrogen and oxygen atoms in total. The number of carbonyl (C=O) groups excluding carboxylic acids is 1. The van der Waals surface area contributed by atoms with Crippen LogP contribution in [0.4, 0.5) is 8.78 Å². The van der Waals surface area contributed by atoms with Crippen molar-refractivity contribution in [3.05, 3.63) is 69.2 Å². The van der Waals surface area contributed by atoms with Gasteiger partial charge in [0.25, 0.3) is 0 Å². The third kappa shape index (κ3) is 6.54. The van der Waals surface area contributed by atoms with E-state index in [0.717, 1.165) is 6.07 Å². The molecule has 0 unspecified atom stereocenters. The zero-order valence-corrected chi connectivity index (χ0v) is 23.5. The number of carbonyl (C=O) groups is 1. The summed E-state index contributed by atoms with van der Waals surface area (Å²) in [4.78, 5) is 13.6. The van der Waals surface area contributed by atoms with Gasteiger partial charge in [-0.05, 0) is 42.0 Å². The smallest absolute Gasteiger partial charge is 0.237 e. The standard InChI is InChI=1S/C28H33Cl2F2N3O4/c1-27(2,15-39-3)12-22-28(14-33,19-8-7-16(29)11-21(19)31)23(18-5-4-6-20(30)24(18)32)25(35-22)26(38)34-10-9-17(37)13-36/h4-8,11,17,22-23,25,35-37H,9-10,12-13,15H2,1-3H3,(H,34,38)/t17-,22+,23+,25-,28+/m0/s1. The number of ether oxygens (including phenoxy) is 1. The van der Waals surface area contributed by atoms with Crippen molar-refractivity contribution in [1.82, 2.24) is 10.6 Å². The first-order valence-electron chi connectivity index (χ1n) is 12.5. The lowest BCUT2D eigenvalue weighted by Crippen LogP contribution is -2.46. The molecule has 0 spiro atoms. The lowest BCUT2D eigenvalue weighted by atomic mass is 9.62. The molecule has 2 aromatic carbocycles. The lowest BCUT2D eigenvalue weighted by molar-refractivity contribution is -0.123. The van der Waals surface area contributed by atoms with Crippen LogP contribution in [0.5, 0.6) is 0 Å². The summed E-state index contributed by atoms with van der Waals surface area (Å²) in [5, 5.41) is 35.5. The largest absolute Gasteiger partial charge is 0.394 e. The quantitative estimate of drug-likeness (QED) is 0.317. The molecule has 0 aromatic heterocycles. The minimum absolute atomic E-state index is 0.0121. The minimum Gasteiger partial charge on any atom is -0.394 e. The van der Waals surface area contributed by atoms with Gasteiger partial charge in [-0.1, -0.05) is 55.2 Å². The average molecular weight is 584 g/mol. The Morgan fingerprint density at radius 1 is 1.31 bits per heavy atom. The second-order valence-corrected chi connectivity index (χ2v) is 11.5. The summed E-state index contributed by atoms with van der Waals surface area (Å²) in [6, 6.07) is 8.50. The van der Waals surface area contributed by atoms with E-state index in [0.29, 0.717) is 6.61 Å². The van der Waals surface area contributed by atoms with Crippen molar-refractivity contribution in [2.45, 2.75) is 56.2 Å². The topological polar surface area (TPSA) is 115 Å². The van der Waals surface area contributed by atoms with Crippen molar-refractivity contribution in [2.75, 3.05) is 26.9 Å². The van der Waals surface area contributed by atoms with E-state index >= 15 is 8.78 Å². The van der Waals surface area contributed by atoms with Gasteiger partial charge < -0.3 is 25.6 Å². The third-order valence-corrected chi connectivity index (χ3v) is 7.72. The molecule has 0 aliphatic carbocycles. The molecule has 2 aromatic rings. The van der Waals surface area contributed by atoms with Gasteiger partial charge in [-0.3, -0.25) is 4.79 Å². The van der Waals surface area contributed by atoms with Crippen LogP contribution in [0, 0.1) is 28.4 Å². The predicted molar refractivity (Wildman–Crippen MR) is 145 cm³/mol. The van der Waals surface area contributed by atoms with Crippen LogP contribution in [0.1, 0.15) is 43.7 Å². The number of benzene rings is 2. The van der Waals surface area contributed by atoms with Crippen LogP contribution in [-0.4, -0.2) is 61.2 Å². The van der Waals surface area contributed by atoms with Gasteiger partial charge in [-0.25, -0.2) is 8.78 Å². The van der Waals surface area contributed by atoms with Gasteiger partial charge in [0, 0.05) is 36.2 Å². The monoisotopic (exact) mass is 583 g/mol. The second-order valence-electron chi connectivity index (χ2n) is 10.6.